The van der Waals surface area contributed by atoms with Crippen LogP contribution in [0.3, 0.4) is 0 Å². The molecule has 1 unspecified atom stereocenters. The number of halogens is 1. The van der Waals surface area contributed by atoms with Crippen molar-refractivity contribution in [2.45, 2.75) is 13.0 Å². The molecule has 0 saturated carbocycles. The molecule has 1 aromatic heterocycles. The highest BCUT2D eigenvalue weighted by atomic mass is 32.1. The fourth-order valence-corrected chi connectivity index (χ4v) is 2.09. The third kappa shape index (κ3) is 3.99. The van der Waals surface area contributed by atoms with E-state index in [0.29, 0.717) is 5.75 Å². The van der Waals surface area contributed by atoms with Gasteiger partial charge in [0, 0.05) is 0 Å². The number of rotatable bonds is 5. The van der Waals surface area contributed by atoms with Crippen LogP contribution in [-0.4, -0.2) is 22.9 Å². The summed E-state index contributed by atoms with van der Waals surface area (Å²) >= 11 is 0.972. The van der Waals surface area contributed by atoms with E-state index in [2.05, 4.69) is 10.3 Å². The molecule has 0 aliphatic carbocycles. The fraction of sp³-hybridized carbons (Fsp3) is 0.154. The number of nitrogens with zero attached hydrogens (tertiary/aromatic N) is 1. The molecule has 0 saturated heterocycles. The van der Waals surface area contributed by atoms with Crippen LogP contribution in [0.4, 0.5) is 9.52 Å². The van der Waals surface area contributed by atoms with E-state index in [1.807, 2.05) is 0 Å². The lowest BCUT2D eigenvalue weighted by Crippen LogP contribution is -2.30. The minimum atomic E-state index is -0.809. The first kappa shape index (κ1) is 14.9. The number of hydrogen-bond donors (Lipinski definition) is 2. The summed E-state index contributed by atoms with van der Waals surface area (Å²) in [5, 5.41) is 2.76. The van der Waals surface area contributed by atoms with E-state index in [-0.39, 0.29) is 15.8 Å². The zero-order valence-electron chi connectivity index (χ0n) is 11.0. The Hall–Kier alpha value is -2.48. The van der Waals surface area contributed by atoms with Crippen molar-refractivity contribution in [2.75, 3.05) is 5.32 Å². The number of primary amides is 1. The minimum Gasteiger partial charge on any atom is -0.481 e. The molecule has 1 atom stereocenters. The Morgan fingerprint density at radius 1 is 1.38 bits per heavy atom. The van der Waals surface area contributed by atoms with Gasteiger partial charge in [0.2, 0.25) is 0 Å². The fourth-order valence-electron chi connectivity index (χ4n) is 1.42. The molecule has 6 nitrogen and oxygen atoms in total. The molecule has 8 heteroatoms. The van der Waals surface area contributed by atoms with Crippen LogP contribution in [0.2, 0.25) is 0 Å². The lowest BCUT2D eigenvalue weighted by atomic mass is 10.3. The summed E-state index contributed by atoms with van der Waals surface area (Å²) in [6.07, 6.45) is 0.477. The Morgan fingerprint density at radius 2 is 2.05 bits per heavy atom. The van der Waals surface area contributed by atoms with Crippen LogP contribution in [0.15, 0.2) is 30.5 Å². The number of nitrogens with one attached hydrogen (secondary N) is 1. The molecule has 3 N–H and O–H groups in total. The maximum Gasteiger partial charge on any atom is 0.266 e. The summed E-state index contributed by atoms with van der Waals surface area (Å²) < 4.78 is 18.1. The number of carbonyl (C=O) groups is 2. The maximum absolute atomic E-state index is 12.8. The largest absolute Gasteiger partial charge is 0.481 e. The zero-order valence-corrected chi connectivity index (χ0v) is 11.8. The Morgan fingerprint density at radius 3 is 2.62 bits per heavy atom. The number of hydrogen-bond acceptors (Lipinski definition) is 5. The molecule has 1 heterocycles. The average molecular weight is 309 g/mol. The highest BCUT2D eigenvalue weighted by Crippen LogP contribution is 2.18. The van der Waals surface area contributed by atoms with Crippen molar-refractivity contribution in [3.05, 3.63) is 41.2 Å². The number of ether oxygens (including phenoxy) is 1. The molecule has 110 valence electrons. The van der Waals surface area contributed by atoms with Crippen LogP contribution >= 0.6 is 11.3 Å². The van der Waals surface area contributed by atoms with E-state index >= 15 is 0 Å². The lowest BCUT2D eigenvalue weighted by Gasteiger charge is -2.13. The summed E-state index contributed by atoms with van der Waals surface area (Å²) in [4.78, 5) is 26.9. The number of anilines is 1. The van der Waals surface area contributed by atoms with E-state index in [1.165, 1.54) is 30.5 Å². The summed E-state index contributed by atoms with van der Waals surface area (Å²) in [5.41, 5.74) is 5.10. The quantitative estimate of drug-likeness (QED) is 0.880. The van der Waals surface area contributed by atoms with Crippen molar-refractivity contribution >= 4 is 28.3 Å². The second-order valence-corrected chi connectivity index (χ2v) is 5.13. The van der Waals surface area contributed by atoms with Crippen molar-refractivity contribution < 1.29 is 18.7 Å². The zero-order chi connectivity index (χ0) is 15.4. The lowest BCUT2D eigenvalue weighted by molar-refractivity contribution is -0.122. The SMILES string of the molecule is CC(Oc1ccc(F)cc1)C(=O)Nc1ncc(C(N)=O)s1. The predicted octanol–water partition coefficient (Wildman–Crippen LogP) is 1.79. The standard InChI is InChI=1S/C13H12FN3O3S/c1-7(20-9-4-2-8(14)3-5-9)12(19)17-13-16-6-10(21-13)11(15)18/h2-7H,1H3,(H2,15,18)(H,16,17,19). The van der Waals surface area contributed by atoms with E-state index < -0.39 is 17.9 Å². The third-order valence-electron chi connectivity index (χ3n) is 2.47. The van der Waals surface area contributed by atoms with E-state index in [4.69, 9.17) is 10.5 Å². The second-order valence-electron chi connectivity index (χ2n) is 4.10. The van der Waals surface area contributed by atoms with E-state index in [9.17, 15) is 14.0 Å². The number of amides is 2. The molecule has 2 aromatic rings. The van der Waals surface area contributed by atoms with Gasteiger partial charge in [-0.2, -0.15) is 0 Å². The Bertz CT molecular complexity index is 657. The van der Waals surface area contributed by atoms with Gasteiger partial charge in [-0.25, -0.2) is 9.37 Å². The van der Waals surface area contributed by atoms with Gasteiger partial charge >= 0.3 is 0 Å². The number of nitrogens with two attached hydrogens (primary N) is 1. The van der Waals surface area contributed by atoms with Crippen LogP contribution < -0.4 is 15.8 Å². The Labute approximate surface area is 123 Å². The molecule has 2 amide bonds. The van der Waals surface area contributed by atoms with E-state index in [1.54, 1.807) is 6.92 Å². The number of thiazole rings is 1. The van der Waals surface area contributed by atoms with Gasteiger partial charge in [0.15, 0.2) is 11.2 Å². The maximum atomic E-state index is 12.8. The van der Waals surface area contributed by atoms with Gasteiger partial charge in [0.1, 0.15) is 16.4 Å². The van der Waals surface area contributed by atoms with Gasteiger partial charge < -0.3 is 10.5 Å². The summed E-state index contributed by atoms with van der Waals surface area (Å²) in [6.45, 7) is 1.54. The third-order valence-corrected chi connectivity index (χ3v) is 3.40. The molecule has 0 aliphatic rings. The average Bonchev–Trinajstić information content (AvgIpc) is 2.90. The first-order valence-corrected chi connectivity index (χ1v) is 6.76. The van der Waals surface area contributed by atoms with Gasteiger partial charge in [0.05, 0.1) is 6.20 Å². The molecule has 0 fully saturated rings. The molecule has 0 aliphatic heterocycles. The van der Waals surface area contributed by atoms with Crippen LogP contribution in [0, 0.1) is 5.82 Å². The smallest absolute Gasteiger partial charge is 0.266 e. The molecule has 0 spiro atoms. The molecule has 0 bridgehead atoms. The minimum absolute atomic E-state index is 0.248. The molecule has 1 aromatic carbocycles. The monoisotopic (exact) mass is 309 g/mol. The predicted molar refractivity (Wildman–Crippen MR) is 75.8 cm³/mol. The van der Waals surface area contributed by atoms with Crippen molar-refractivity contribution in [1.82, 2.24) is 4.98 Å². The normalized spacial score (nSPS) is 11.7. The van der Waals surface area contributed by atoms with Crippen molar-refractivity contribution in [1.29, 1.82) is 0 Å². The van der Waals surface area contributed by atoms with Crippen LogP contribution in [0.25, 0.3) is 0 Å². The van der Waals surface area contributed by atoms with Gasteiger partial charge in [-0.05, 0) is 31.2 Å². The van der Waals surface area contributed by atoms with Crippen molar-refractivity contribution in [3.63, 3.8) is 0 Å². The van der Waals surface area contributed by atoms with Crippen molar-refractivity contribution in [3.8, 4) is 5.75 Å². The molecular formula is C13H12FN3O3S. The highest BCUT2D eigenvalue weighted by Gasteiger charge is 2.17. The summed E-state index contributed by atoms with van der Waals surface area (Å²) in [6, 6.07) is 5.32. The van der Waals surface area contributed by atoms with Gasteiger partial charge in [0.25, 0.3) is 11.8 Å². The number of carbonyl (C=O) groups excluding carboxylic acids is 2. The number of benzene rings is 1. The topological polar surface area (TPSA) is 94.3 Å². The highest BCUT2D eigenvalue weighted by molar-refractivity contribution is 7.17. The van der Waals surface area contributed by atoms with Crippen LogP contribution in [0.1, 0.15) is 16.6 Å². The second kappa shape index (κ2) is 6.31. The van der Waals surface area contributed by atoms with Crippen LogP contribution in [0.5, 0.6) is 5.75 Å². The first-order chi connectivity index (χ1) is 9.95. The first-order valence-electron chi connectivity index (χ1n) is 5.94. The van der Waals surface area contributed by atoms with Gasteiger partial charge in [-0.3, -0.25) is 14.9 Å². The summed E-state index contributed by atoms with van der Waals surface area (Å²) in [5.74, 6) is -1.06. The van der Waals surface area contributed by atoms with Gasteiger partial charge in [-0.15, -0.1) is 0 Å². The molecule has 21 heavy (non-hydrogen) atoms. The van der Waals surface area contributed by atoms with Gasteiger partial charge in [-0.1, -0.05) is 11.3 Å². The van der Waals surface area contributed by atoms with Crippen molar-refractivity contribution in [2.24, 2.45) is 5.73 Å². The van der Waals surface area contributed by atoms with E-state index in [0.717, 1.165) is 11.3 Å². The molecular weight excluding hydrogens is 297 g/mol. The number of aromatic nitrogens is 1. The van der Waals surface area contributed by atoms with Crippen LogP contribution in [-0.2, 0) is 4.79 Å². The molecule has 2 rings (SSSR count). The Balaban J connectivity index is 1.95. The Kier molecular flexibility index (Phi) is 4.49. The molecule has 0 radical (unpaired) electrons. The summed E-state index contributed by atoms with van der Waals surface area (Å²) in [7, 11) is 0.